The van der Waals surface area contributed by atoms with E-state index in [1.807, 2.05) is 0 Å². The maximum Gasteiger partial charge on any atom is 0.358 e. The largest absolute Gasteiger partial charge is 0.464 e. The first-order chi connectivity index (χ1) is 8.69. The number of rotatable bonds is 3. The van der Waals surface area contributed by atoms with Crippen LogP contribution in [-0.4, -0.2) is 41.5 Å². The smallest absolute Gasteiger partial charge is 0.358 e. The van der Waals surface area contributed by atoms with E-state index < -0.39 is 5.97 Å². The lowest BCUT2D eigenvalue weighted by atomic mass is 10.1. The summed E-state index contributed by atoms with van der Waals surface area (Å²) < 4.78 is 4.53. The molecule has 1 aromatic heterocycles. The molecular formula is C11H14N4O3. The fourth-order valence-electron chi connectivity index (χ4n) is 1.68. The molecule has 7 heteroatoms. The maximum atomic E-state index is 11.2. The predicted octanol–water partition coefficient (Wildman–Crippen LogP) is -0.0463. The van der Waals surface area contributed by atoms with Crippen molar-refractivity contribution in [3.8, 4) is 0 Å². The van der Waals surface area contributed by atoms with Crippen LogP contribution < -0.4 is 10.6 Å². The van der Waals surface area contributed by atoms with E-state index in [4.69, 9.17) is 0 Å². The van der Waals surface area contributed by atoms with Crippen molar-refractivity contribution in [2.24, 2.45) is 0 Å². The molecule has 1 amide bonds. The predicted molar refractivity (Wildman–Crippen MR) is 63.0 cm³/mol. The van der Waals surface area contributed by atoms with Crippen LogP contribution in [0, 0.1) is 0 Å². The summed E-state index contributed by atoms with van der Waals surface area (Å²) in [6.45, 7) is 0.569. The molecule has 1 saturated heterocycles. The Morgan fingerprint density at radius 3 is 2.89 bits per heavy atom. The second kappa shape index (κ2) is 5.44. The molecule has 18 heavy (non-hydrogen) atoms. The zero-order valence-electron chi connectivity index (χ0n) is 9.97. The lowest BCUT2D eigenvalue weighted by molar-refractivity contribution is -0.122. The van der Waals surface area contributed by atoms with Gasteiger partial charge in [-0.25, -0.2) is 14.8 Å². The molecule has 0 radical (unpaired) electrons. The van der Waals surface area contributed by atoms with Crippen molar-refractivity contribution in [3.63, 3.8) is 0 Å². The highest BCUT2D eigenvalue weighted by molar-refractivity contribution is 5.86. The summed E-state index contributed by atoms with van der Waals surface area (Å²) in [7, 11) is 1.29. The Balaban J connectivity index is 1.94. The number of aromatic nitrogens is 2. The minimum Gasteiger partial charge on any atom is -0.464 e. The quantitative estimate of drug-likeness (QED) is 0.731. The molecule has 0 aliphatic carbocycles. The van der Waals surface area contributed by atoms with E-state index in [9.17, 15) is 9.59 Å². The van der Waals surface area contributed by atoms with Crippen molar-refractivity contribution in [2.45, 2.75) is 18.9 Å². The molecule has 1 aromatic rings. The molecule has 1 aliphatic heterocycles. The third-order valence-corrected chi connectivity index (χ3v) is 2.66. The number of anilines is 1. The van der Waals surface area contributed by atoms with Gasteiger partial charge in [0.25, 0.3) is 0 Å². The maximum absolute atomic E-state index is 11.2. The monoisotopic (exact) mass is 250 g/mol. The average molecular weight is 250 g/mol. The highest BCUT2D eigenvalue weighted by Crippen LogP contribution is 2.10. The third-order valence-electron chi connectivity index (χ3n) is 2.66. The number of carbonyl (C=O) groups excluding carboxylic acids is 2. The average Bonchev–Trinajstić information content (AvgIpc) is 2.41. The second-order valence-electron chi connectivity index (χ2n) is 3.96. The molecule has 1 fully saturated rings. The lowest BCUT2D eigenvalue weighted by Crippen LogP contribution is -2.42. The Labute approximate surface area is 104 Å². The number of ether oxygens (including phenoxy) is 1. The van der Waals surface area contributed by atoms with Crippen molar-refractivity contribution in [1.82, 2.24) is 15.3 Å². The van der Waals surface area contributed by atoms with E-state index in [2.05, 4.69) is 25.3 Å². The van der Waals surface area contributed by atoms with Crippen LogP contribution in [0.3, 0.4) is 0 Å². The number of amides is 1. The first-order valence-corrected chi connectivity index (χ1v) is 5.62. The molecule has 1 atom stereocenters. The Kier molecular flexibility index (Phi) is 3.71. The van der Waals surface area contributed by atoms with Crippen molar-refractivity contribution in [2.75, 3.05) is 19.0 Å². The van der Waals surface area contributed by atoms with E-state index in [1.54, 1.807) is 0 Å². The first kappa shape index (κ1) is 12.3. The van der Waals surface area contributed by atoms with Crippen molar-refractivity contribution >= 4 is 17.7 Å². The number of nitrogens with zero attached hydrogens (tertiary/aromatic N) is 2. The van der Waals surface area contributed by atoms with Gasteiger partial charge in [-0.05, 0) is 6.42 Å². The zero-order valence-corrected chi connectivity index (χ0v) is 9.97. The highest BCUT2D eigenvalue weighted by atomic mass is 16.5. The van der Waals surface area contributed by atoms with Gasteiger partial charge in [0.15, 0.2) is 5.69 Å². The van der Waals surface area contributed by atoms with Crippen molar-refractivity contribution in [1.29, 1.82) is 0 Å². The molecular weight excluding hydrogens is 236 g/mol. The van der Waals surface area contributed by atoms with Gasteiger partial charge in [0, 0.05) is 19.0 Å². The van der Waals surface area contributed by atoms with Gasteiger partial charge in [-0.3, -0.25) is 4.79 Å². The zero-order chi connectivity index (χ0) is 13.0. The summed E-state index contributed by atoms with van der Waals surface area (Å²) in [5, 5.41) is 5.91. The molecule has 2 heterocycles. The Morgan fingerprint density at radius 1 is 1.50 bits per heavy atom. The van der Waals surface area contributed by atoms with Crippen LogP contribution in [0.2, 0.25) is 0 Å². The van der Waals surface area contributed by atoms with Crippen molar-refractivity contribution < 1.29 is 14.3 Å². The summed E-state index contributed by atoms with van der Waals surface area (Å²) in [5.41, 5.74) is 0.167. The van der Waals surface area contributed by atoms with Gasteiger partial charge in [-0.15, -0.1) is 0 Å². The molecule has 0 aromatic carbocycles. The lowest BCUT2D eigenvalue weighted by Gasteiger charge is -2.23. The van der Waals surface area contributed by atoms with Crippen LogP contribution >= 0.6 is 0 Å². The fourth-order valence-corrected chi connectivity index (χ4v) is 1.68. The van der Waals surface area contributed by atoms with E-state index in [0.717, 1.165) is 6.42 Å². The Bertz CT molecular complexity index is 436. The minimum absolute atomic E-state index is 0.0696. The van der Waals surface area contributed by atoms with Gasteiger partial charge in [-0.2, -0.15) is 0 Å². The summed E-state index contributed by atoms with van der Waals surface area (Å²) in [6.07, 6.45) is 4.09. The van der Waals surface area contributed by atoms with Crippen molar-refractivity contribution in [3.05, 3.63) is 18.1 Å². The third kappa shape index (κ3) is 2.93. The van der Waals surface area contributed by atoms with Gasteiger partial charge in [0.1, 0.15) is 5.82 Å². The number of hydrogen-bond donors (Lipinski definition) is 2. The van der Waals surface area contributed by atoms with Crippen LogP contribution in [0.5, 0.6) is 0 Å². The van der Waals surface area contributed by atoms with E-state index in [1.165, 1.54) is 19.5 Å². The van der Waals surface area contributed by atoms with E-state index in [-0.39, 0.29) is 17.6 Å². The van der Waals surface area contributed by atoms with E-state index >= 15 is 0 Å². The van der Waals surface area contributed by atoms with Gasteiger partial charge in [-0.1, -0.05) is 0 Å². The summed E-state index contributed by atoms with van der Waals surface area (Å²) >= 11 is 0. The van der Waals surface area contributed by atoms with Gasteiger partial charge < -0.3 is 15.4 Å². The topological polar surface area (TPSA) is 93.2 Å². The molecule has 1 unspecified atom stereocenters. The molecule has 96 valence electrons. The van der Waals surface area contributed by atoms with Gasteiger partial charge >= 0.3 is 5.97 Å². The molecule has 1 aliphatic rings. The SMILES string of the molecule is COC(=O)c1cnc(NC2CCC(=O)NC2)cn1. The molecule has 0 bridgehead atoms. The van der Waals surface area contributed by atoms with Crippen LogP contribution in [0.15, 0.2) is 12.4 Å². The fraction of sp³-hybridized carbons (Fsp3) is 0.455. The Hall–Kier alpha value is -2.18. The number of methoxy groups -OCH3 is 1. The first-order valence-electron chi connectivity index (χ1n) is 5.62. The minimum atomic E-state index is -0.515. The second-order valence-corrected chi connectivity index (χ2v) is 3.96. The van der Waals surface area contributed by atoms with Crippen LogP contribution in [0.25, 0.3) is 0 Å². The number of hydrogen-bond acceptors (Lipinski definition) is 6. The summed E-state index contributed by atoms with van der Waals surface area (Å²) in [4.78, 5) is 30.2. The normalized spacial score (nSPS) is 18.9. The Morgan fingerprint density at radius 2 is 2.33 bits per heavy atom. The number of esters is 1. The summed E-state index contributed by atoms with van der Waals surface area (Å²) in [5.74, 6) is 0.128. The van der Waals surface area contributed by atoms with Crippen LogP contribution in [0.1, 0.15) is 23.3 Å². The molecule has 0 saturated carbocycles. The van der Waals surface area contributed by atoms with Crippen LogP contribution in [-0.2, 0) is 9.53 Å². The molecule has 2 N–H and O–H groups in total. The highest BCUT2D eigenvalue weighted by Gasteiger charge is 2.18. The standard InChI is InChI=1S/C11H14N4O3/c1-18-11(17)8-5-13-9(6-12-8)15-7-2-3-10(16)14-4-7/h5-7H,2-4H2,1H3,(H,13,15)(H,14,16). The van der Waals surface area contributed by atoms with E-state index in [0.29, 0.717) is 18.8 Å². The number of piperidine rings is 1. The number of carbonyl (C=O) groups is 2. The van der Waals surface area contributed by atoms with Crippen LogP contribution in [0.4, 0.5) is 5.82 Å². The van der Waals surface area contributed by atoms with Gasteiger partial charge in [0.05, 0.1) is 19.5 Å². The molecule has 7 nitrogen and oxygen atoms in total. The summed E-state index contributed by atoms with van der Waals surface area (Å²) in [6, 6.07) is 0.140. The van der Waals surface area contributed by atoms with Gasteiger partial charge in [0.2, 0.25) is 5.91 Å². The number of nitrogens with one attached hydrogen (secondary N) is 2. The molecule has 2 rings (SSSR count). The molecule has 0 spiro atoms.